The second-order valence-electron chi connectivity index (χ2n) is 4.57. The molecule has 0 radical (unpaired) electrons. The zero-order valence-electron chi connectivity index (χ0n) is 10.7. The molecule has 0 aliphatic carbocycles. The Bertz CT molecular complexity index is 777. The fourth-order valence-corrected chi connectivity index (χ4v) is 2.46. The average molecular weight is 282 g/mol. The molecule has 3 heteroatoms. The highest BCUT2D eigenvalue weighted by Gasteiger charge is 2.12. The number of carbonyl (C=O) groups is 1. The first-order chi connectivity index (χ1) is 9.75. The number of Topliss-reactive ketones (excluding diaryl/α,β-unsaturated/α-hetero) is 1. The molecule has 0 atom stereocenters. The number of rotatable bonds is 3. The summed E-state index contributed by atoms with van der Waals surface area (Å²) in [6.45, 7) is 0. The van der Waals surface area contributed by atoms with E-state index in [2.05, 4.69) is 4.98 Å². The van der Waals surface area contributed by atoms with Crippen LogP contribution in [0.15, 0.2) is 60.8 Å². The predicted molar refractivity (Wildman–Crippen MR) is 81.2 cm³/mol. The van der Waals surface area contributed by atoms with Crippen LogP contribution in [0.4, 0.5) is 0 Å². The van der Waals surface area contributed by atoms with Gasteiger partial charge in [0.1, 0.15) is 0 Å². The summed E-state index contributed by atoms with van der Waals surface area (Å²) in [7, 11) is 0. The van der Waals surface area contributed by atoms with Crippen molar-refractivity contribution < 1.29 is 4.79 Å². The molecule has 0 spiro atoms. The molecule has 0 aliphatic heterocycles. The van der Waals surface area contributed by atoms with Crippen molar-refractivity contribution >= 4 is 28.3 Å². The fourth-order valence-electron chi connectivity index (χ4n) is 2.26. The van der Waals surface area contributed by atoms with E-state index >= 15 is 0 Å². The highest BCUT2D eigenvalue weighted by Crippen LogP contribution is 2.21. The van der Waals surface area contributed by atoms with Gasteiger partial charge in [-0.05, 0) is 23.8 Å². The molecule has 2 nitrogen and oxygen atoms in total. The van der Waals surface area contributed by atoms with Crippen LogP contribution in [-0.2, 0) is 6.42 Å². The smallest absolute Gasteiger partial charge is 0.167 e. The van der Waals surface area contributed by atoms with E-state index in [9.17, 15) is 4.79 Å². The standard InChI is InChI=1S/C17H12ClNO/c18-15-8-2-1-5-12(15)11-17(20)14-6-3-9-16-13(14)7-4-10-19-16/h1-10H,11H2. The number of pyridine rings is 1. The Kier molecular flexibility index (Phi) is 3.48. The number of ketones is 1. The highest BCUT2D eigenvalue weighted by molar-refractivity contribution is 6.31. The number of fused-ring (bicyclic) bond motifs is 1. The summed E-state index contributed by atoms with van der Waals surface area (Å²) in [6, 6.07) is 16.8. The summed E-state index contributed by atoms with van der Waals surface area (Å²) < 4.78 is 0. The molecule has 0 unspecified atom stereocenters. The van der Waals surface area contributed by atoms with Gasteiger partial charge in [-0.25, -0.2) is 0 Å². The molecule has 0 fully saturated rings. The van der Waals surface area contributed by atoms with Crippen LogP contribution in [0, 0.1) is 0 Å². The van der Waals surface area contributed by atoms with Gasteiger partial charge in [0.25, 0.3) is 0 Å². The van der Waals surface area contributed by atoms with E-state index in [0.29, 0.717) is 17.0 Å². The van der Waals surface area contributed by atoms with Crippen LogP contribution in [0.3, 0.4) is 0 Å². The van der Waals surface area contributed by atoms with Crippen LogP contribution in [-0.4, -0.2) is 10.8 Å². The maximum atomic E-state index is 12.5. The molecule has 98 valence electrons. The van der Waals surface area contributed by atoms with Gasteiger partial charge in [0.15, 0.2) is 5.78 Å². The minimum atomic E-state index is 0.0525. The van der Waals surface area contributed by atoms with Gasteiger partial charge in [-0.15, -0.1) is 0 Å². The van der Waals surface area contributed by atoms with Gasteiger partial charge in [0.05, 0.1) is 5.52 Å². The summed E-state index contributed by atoms with van der Waals surface area (Å²) in [4.78, 5) is 16.8. The Balaban J connectivity index is 1.99. The molecule has 0 saturated carbocycles. The molecule has 1 aromatic heterocycles. The molecule has 0 aliphatic rings. The Hall–Kier alpha value is -2.19. The number of halogens is 1. The summed E-state index contributed by atoms with van der Waals surface area (Å²) in [5.74, 6) is 0.0525. The lowest BCUT2D eigenvalue weighted by Gasteiger charge is -2.06. The van der Waals surface area contributed by atoms with Gasteiger partial charge in [-0.2, -0.15) is 0 Å². The lowest BCUT2D eigenvalue weighted by atomic mass is 9.99. The van der Waals surface area contributed by atoms with Gasteiger partial charge in [-0.1, -0.05) is 48.0 Å². The SMILES string of the molecule is O=C(Cc1ccccc1Cl)c1cccc2ncccc12. The maximum Gasteiger partial charge on any atom is 0.167 e. The zero-order chi connectivity index (χ0) is 13.9. The third-order valence-corrected chi connectivity index (χ3v) is 3.62. The third kappa shape index (κ3) is 2.43. The lowest BCUT2D eigenvalue weighted by Crippen LogP contribution is -2.05. The predicted octanol–water partition coefficient (Wildman–Crippen LogP) is 4.31. The molecule has 2 aromatic carbocycles. The summed E-state index contributed by atoms with van der Waals surface area (Å²) in [5.41, 5.74) is 2.37. The molecule has 3 rings (SSSR count). The lowest BCUT2D eigenvalue weighted by molar-refractivity contribution is 0.0994. The van der Waals surface area contributed by atoms with Gasteiger partial charge in [0.2, 0.25) is 0 Å². The van der Waals surface area contributed by atoms with Gasteiger partial charge >= 0.3 is 0 Å². The summed E-state index contributed by atoms with van der Waals surface area (Å²) >= 11 is 6.11. The van der Waals surface area contributed by atoms with Crippen LogP contribution >= 0.6 is 11.6 Å². The number of hydrogen-bond donors (Lipinski definition) is 0. The van der Waals surface area contributed by atoms with Crippen molar-refractivity contribution in [3.63, 3.8) is 0 Å². The first-order valence-electron chi connectivity index (χ1n) is 6.36. The summed E-state index contributed by atoms with van der Waals surface area (Å²) in [6.07, 6.45) is 2.03. The van der Waals surface area contributed by atoms with Crippen molar-refractivity contribution in [2.24, 2.45) is 0 Å². The Morgan fingerprint density at radius 1 is 1.00 bits per heavy atom. The minimum Gasteiger partial charge on any atom is -0.294 e. The quantitative estimate of drug-likeness (QED) is 0.670. The van der Waals surface area contributed by atoms with E-state index in [1.54, 1.807) is 12.3 Å². The fraction of sp³-hybridized carbons (Fsp3) is 0.0588. The molecule has 0 bridgehead atoms. The monoisotopic (exact) mass is 281 g/mol. The van der Waals surface area contributed by atoms with E-state index in [1.165, 1.54) is 0 Å². The first-order valence-corrected chi connectivity index (χ1v) is 6.74. The largest absolute Gasteiger partial charge is 0.294 e. The van der Waals surface area contributed by atoms with Crippen molar-refractivity contribution in [2.45, 2.75) is 6.42 Å². The van der Waals surface area contributed by atoms with Gasteiger partial charge in [-0.3, -0.25) is 9.78 Å². The van der Waals surface area contributed by atoms with Crippen molar-refractivity contribution in [1.29, 1.82) is 0 Å². The van der Waals surface area contributed by atoms with Crippen molar-refractivity contribution in [3.05, 3.63) is 76.9 Å². The van der Waals surface area contributed by atoms with Crippen molar-refractivity contribution in [2.75, 3.05) is 0 Å². The molecular formula is C17H12ClNO. The molecular weight excluding hydrogens is 270 g/mol. The van der Waals surface area contributed by atoms with E-state index < -0.39 is 0 Å². The molecule has 0 N–H and O–H groups in total. The van der Waals surface area contributed by atoms with Crippen LogP contribution < -0.4 is 0 Å². The summed E-state index contributed by atoms with van der Waals surface area (Å²) in [5, 5.41) is 1.51. The number of aromatic nitrogens is 1. The molecule has 0 saturated heterocycles. The van der Waals surface area contributed by atoms with E-state index in [-0.39, 0.29) is 5.78 Å². The molecule has 0 amide bonds. The van der Waals surface area contributed by atoms with Crippen molar-refractivity contribution in [1.82, 2.24) is 4.98 Å². The van der Waals surface area contributed by atoms with Gasteiger partial charge in [0, 0.05) is 28.6 Å². The molecule has 20 heavy (non-hydrogen) atoms. The molecule has 1 heterocycles. The van der Waals surface area contributed by atoms with Crippen LogP contribution in [0.2, 0.25) is 5.02 Å². The average Bonchev–Trinajstić information content (AvgIpc) is 2.49. The van der Waals surface area contributed by atoms with E-state index in [1.807, 2.05) is 48.5 Å². The second-order valence-corrected chi connectivity index (χ2v) is 4.97. The Labute approximate surface area is 122 Å². The van der Waals surface area contributed by atoms with Crippen LogP contribution in [0.25, 0.3) is 10.9 Å². The number of carbonyl (C=O) groups excluding carboxylic acids is 1. The number of hydrogen-bond acceptors (Lipinski definition) is 2. The third-order valence-electron chi connectivity index (χ3n) is 3.25. The Morgan fingerprint density at radius 3 is 2.70 bits per heavy atom. The second kappa shape index (κ2) is 5.43. The number of nitrogens with zero attached hydrogens (tertiary/aromatic N) is 1. The maximum absolute atomic E-state index is 12.5. The topological polar surface area (TPSA) is 30.0 Å². The van der Waals surface area contributed by atoms with Crippen LogP contribution in [0.5, 0.6) is 0 Å². The zero-order valence-corrected chi connectivity index (χ0v) is 11.5. The normalized spacial score (nSPS) is 10.7. The van der Waals surface area contributed by atoms with E-state index in [0.717, 1.165) is 16.5 Å². The van der Waals surface area contributed by atoms with Crippen LogP contribution in [0.1, 0.15) is 15.9 Å². The van der Waals surface area contributed by atoms with Crippen molar-refractivity contribution in [3.8, 4) is 0 Å². The van der Waals surface area contributed by atoms with Gasteiger partial charge < -0.3 is 0 Å². The Morgan fingerprint density at radius 2 is 1.85 bits per heavy atom. The minimum absolute atomic E-state index is 0.0525. The number of benzene rings is 2. The molecule has 3 aromatic rings. The highest BCUT2D eigenvalue weighted by atomic mass is 35.5. The van der Waals surface area contributed by atoms with E-state index in [4.69, 9.17) is 11.6 Å². The first kappa shape index (κ1) is 12.8.